The first-order valence-electron chi connectivity index (χ1n) is 5.35. The third-order valence-corrected chi connectivity index (χ3v) is 3.45. The fraction of sp³-hybridized carbons (Fsp3) is 0.417. The maximum absolute atomic E-state index is 11.8. The summed E-state index contributed by atoms with van der Waals surface area (Å²) in [6.07, 6.45) is 0.876. The summed E-state index contributed by atoms with van der Waals surface area (Å²) in [4.78, 5) is 13.5. The first-order valence-corrected chi connectivity index (χ1v) is 6.15. The van der Waals surface area contributed by atoms with E-state index in [0.29, 0.717) is 0 Å². The van der Waals surface area contributed by atoms with Crippen LogP contribution in [0.1, 0.15) is 12.0 Å². The van der Waals surface area contributed by atoms with Crippen LogP contribution in [-0.4, -0.2) is 30.4 Å². The van der Waals surface area contributed by atoms with E-state index in [2.05, 4.69) is 21.2 Å². The lowest BCUT2D eigenvalue weighted by Crippen LogP contribution is -2.31. The molecule has 0 radical (unpaired) electrons. The molecule has 0 spiro atoms. The molecule has 2 rings (SSSR count). The summed E-state index contributed by atoms with van der Waals surface area (Å²) >= 11 is 3.44. The molecule has 3 nitrogen and oxygen atoms in total. The summed E-state index contributed by atoms with van der Waals surface area (Å²) in [7, 11) is 1.85. The van der Waals surface area contributed by atoms with Gasteiger partial charge in [0.1, 0.15) is 6.04 Å². The minimum absolute atomic E-state index is 0.0713. The van der Waals surface area contributed by atoms with Crippen molar-refractivity contribution < 1.29 is 4.79 Å². The molecule has 1 amide bonds. The molecule has 0 aromatic heterocycles. The number of likely N-dealkylation sites (N-methyl/N-ethyl adjacent to an activating group) is 1. The SMILES string of the molecule is Cc1ccc(Br)cc1NC1CCN(C)C1=O. The Morgan fingerprint density at radius 1 is 1.50 bits per heavy atom. The maximum atomic E-state index is 11.8. The maximum Gasteiger partial charge on any atom is 0.244 e. The van der Waals surface area contributed by atoms with Crippen molar-refractivity contribution in [1.82, 2.24) is 4.90 Å². The zero-order valence-corrected chi connectivity index (χ0v) is 11.0. The van der Waals surface area contributed by atoms with Crippen molar-refractivity contribution in [2.75, 3.05) is 18.9 Å². The molecule has 1 N–H and O–H groups in total. The lowest BCUT2D eigenvalue weighted by Gasteiger charge is -2.15. The molecule has 0 aliphatic carbocycles. The highest BCUT2D eigenvalue weighted by Crippen LogP contribution is 2.23. The number of hydrogen-bond acceptors (Lipinski definition) is 2. The number of hydrogen-bond donors (Lipinski definition) is 1. The Kier molecular flexibility index (Phi) is 3.19. The molecule has 16 heavy (non-hydrogen) atoms. The van der Waals surface area contributed by atoms with Crippen LogP contribution >= 0.6 is 15.9 Å². The van der Waals surface area contributed by atoms with Gasteiger partial charge in [-0.3, -0.25) is 4.79 Å². The highest BCUT2D eigenvalue weighted by Gasteiger charge is 2.28. The predicted molar refractivity (Wildman–Crippen MR) is 68.5 cm³/mol. The number of carbonyl (C=O) groups excluding carboxylic acids is 1. The van der Waals surface area contributed by atoms with Crippen LogP contribution in [0.4, 0.5) is 5.69 Å². The number of benzene rings is 1. The second-order valence-electron chi connectivity index (χ2n) is 4.20. The zero-order chi connectivity index (χ0) is 11.7. The standard InChI is InChI=1S/C12H15BrN2O/c1-8-3-4-9(13)7-11(8)14-10-5-6-15(2)12(10)16/h3-4,7,10,14H,5-6H2,1-2H3. The smallest absolute Gasteiger partial charge is 0.244 e. The first-order chi connectivity index (χ1) is 7.58. The average molecular weight is 283 g/mol. The summed E-state index contributed by atoms with van der Waals surface area (Å²) in [5.41, 5.74) is 2.19. The normalized spacial score (nSPS) is 20.3. The van der Waals surface area contributed by atoms with E-state index in [4.69, 9.17) is 0 Å². The van der Waals surface area contributed by atoms with Crippen molar-refractivity contribution in [2.45, 2.75) is 19.4 Å². The fourth-order valence-electron chi connectivity index (χ4n) is 1.89. The largest absolute Gasteiger partial charge is 0.373 e. The Hall–Kier alpha value is -1.03. The van der Waals surface area contributed by atoms with E-state index in [-0.39, 0.29) is 11.9 Å². The van der Waals surface area contributed by atoms with Crippen LogP contribution in [0.5, 0.6) is 0 Å². The Bertz CT molecular complexity index is 419. The van der Waals surface area contributed by atoms with E-state index < -0.39 is 0 Å². The average Bonchev–Trinajstić information content (AvgIpc) is 2.55. The number of aryl methyl sites for hydroxylation is 1. The molecule has 1 saturated heterocycles. The van der Waals surface area contributed by atoms with Crippen LogP contribution in [0.2, 0.25) is 0 Å². The van der Waals surface area contributed by atoms with Crippen LogP contribution in [0, 0.1) is 6.92 Å². The Morgan fingerprint density at radius 3 is 2.88 bits per heavy atom. The van der Waals surface area contributed by atoms with Crippen molar-refractivity contribution in [3.63, 3.8) is 0 Å². The van der Waals surface area contributed by atoms with Gasteiger partial charge < -0.3 is 10.2 Å². The van der Waals surface area contributed by atoms with E-state index in [9.17, 15) is 4.79 Å². The molecule has 0 saturated carbocycles. The van der Waals surface area contributed by atoms with E-state index in [0.717, 1.165) is 28.7 Å². The summed E-state index contributed by atoms with van der Waals surface area (Å²) in [5, 5.41) is 3.31. The van der Waals surface area contributed by atoms with Crippen LogP contribution in [-0.2, 0) is 4.79 Å². The molecule has 4 heteroatoms. The van der Waals surface area contributed by atoms with Gasteiger partial charge in [0, 0.05) is 23.8 Å². The monoisotopic (exact) mass is 282 g/mol. The minimum Gasteiger partial charge on any atom is -0.373 e. The first kappa shape index (κ1) is 11.5. The van der Waals surface area contributed by atoms with Gasteiger partial charge in [0.2, 0.25) is 5.91 Å². The van der Waals surface area contributed by atoms with E-state index >= 15 is 0 Å². The lowest BCUT2D eigenvalue weighted by atomic mass is 10.1. The van der Waals surface area contributed by atoms with Crippen molar-refractivity contribution in [2.24, 2.45) is 0 Å². The molecule has 1 aliphatic rings. The number of halogens is 1. The van der Waals surface area contributed by atoms with Gasteiger partial charge >= 0.3 is 0 Å². The van der Waals surface area contributed by atoms with Crippen LogP contribution in [0.15, 0.2) is 22.7 Å². The summed E-state index contributed by atoms with van der Waals surface area (Å²) in [6.45, 7) is 2.88. The van der Waals surface area contributed by atoms with Gasteiger partial charge in [-0.25, -0.2) is 0 Å². The van der Waals surface area contributed by atoms with E-state index in [1.54, 1.807) is 4.90 Å². The molecule has 1 aromatic carbocycles. The molecular weight excluding hydrogens is 268 g/mol. The van der Waals surface area contributed by atoms with Gasteiger partial charge in [-0.1, -0.05) is 22.0 Å². The minimum atomic E-state index is -0.0713. The van der Waals surface area contributed by atoms with Gasteiger partial charge in [0.25, 0.3) is 0 Å². The van der Waals surface area contributed by atoms with Crippen molar-refractivity contribution in [1.29, 1.82) is 0 Å². The third-order valence-electron chi connectivity index (χ3n) is 2.96. The molecule has 0 bridgehead atoms. The number of likely N-dealkylation sites (tertiary alicyclic amines) is 1. The number of carbonyl (C=O) groups is 1. The quantitative estimate of drug-likeness (QED) is 0.904. The van der Waals surface area contributed by atoms with E-state index in [1.807, 2.05) is 32.2 Å². The zero-order valence-electron chi connectivity index (χ0n) is 9.46. The summed E-state index contributed by atoms with van der Waals surface area (Å²) in [5.74, 6) is 0.180. The Labute approximate surface area is 104 Å². The number of nitrogens with one attached hydrogen (secondary N) is 1. The summed E-state index contributed by atoms with van der Waals surface area (Å²) in [6, 6.07) is 5.98. The highest BCUT2D eigenvalue weighted by atomic mass is 79.9. The van der Waals surface area contributed by atoms with Crippen molar-refractivity contribution in [3.05, 3.63) is 28.2 Å². The number of amides is 1. The highest BCUT2D eigenvalue weighted by molar-refractivity contribution is 9.10. The molecule has 86 valence electrons. The molecular formula is C12H15BrN2O. The van der Waals surface area contributed by atoms with Gasteiger partial charge in [0.05, 0.1) is 0 Å². The summed E-state index contributed by atoms with van der Waals surface area (Å²) < 4.78 is 1.03. The van der Waals surface area contributed by atoms with Gasteiger partial charge in [-0.15, -0.1) is 0 Å². The number of rotatable bonds is 2. The van der Waals surface area contributed by atoms with Gasteiger partial charge in [-0.2, -0.15) is 0 Å². The molecule has 1 atom stereocenters. The fourth-order valence-corrected chi connectivity index (χ4v) is 2.25. The molecule has 1 heterocycles. The van der Waals surface area contributed by atoms with Crippen LogP contribution in [0.25, 0.3) is 0 Å². The number of anilines is 1. The molecule has 1 aliphatic heterocycles. The van der Waals surface area contributed by atoms with Crippen molar-refractivity contribution in [3.8, 4) is 0 Å². The van der Waals surface area contributed by atoms with Gasteiger partial charge in [-0.05, 0) is 31.0 Å². The molecule has 1 aromatic rings. The lowest BCUT2D eigenvalue weighted by molar-refractivity contribution is -0.127. The molecule has 1 fully saturated rings. The third kappa shape index (κ3) is 2.21. The van der Waals surface area contributed by atoms with Crippen LogP contribution < -0.4 is 5.32 Å². The van der Waals surface area contributed by atoms with Crippen molar-refractivity contribution >= 4 is 27.5 Å². The number of nitrogens with zero attached hydrogens (tertiary/aromatic N) is 1. The second kappa shape index (κ2) is 4.45. The second-order valence-corrected chi connectivity index (χ2v) is 5.12. The van der Waals surface area contributed by atoms with Gasteiger partial charge in [0.15, 0.2) is 0 Å². The predicted octanol–water partition coefficient (Wildman–Crippen LogP) is 2.40. The molecule has 1 unspecified atom stereocenters. The topological polar surface area (TPSA) is 32.3 Å². The Morgan fingerprint density at radius 2 is 2.25 bits per heavy atom. The Balaban J connectivity index is 2.15. The van der Waals surface area contributed by atoms with E-state index in [1.165, 1.54) is 0 Å². The van der Waals surface area contributed by atoms with Crippen LogP contribution in [0.3, 0.4) is 0 Å².